The number of likely N-dealkylation sites (N-methyl/N-ethyl adjacent to an activating group) is 1. The fourth-order valence-electron chi connectivity index (χ4n) is 4.58. The molecule has 0 bridgehead atoms. The van der Waals surface area contributed by atoms with Crippen LogP contribution in [0.2, 0.25) is 0 Å². The number of hydrogen-bond acceptors (Lipinski definition) is 10. The van der Waals surface area contributed by atoms with E-state index >= 15 is 0 Å². The summed E-state index contributed by atoms with van der Waals surface area (Å²) in [6.07, 6.45) is 5.85. The molecule has 0 radical (unpaired) electrons. The summed E-state index contributed by atoms with van der Waals surface area (Å²) in [7, 11) is 3.90. The number of hydrogen-bond donors (Lipinski definition) is 8. The molecule has 10 heteroatoms. The maximum atomic E-state index is 6.19. The van der Waals surface area contributed by atoms with Crippen LogP contribution in [0.1, 0.15) is 55.1 Å². The average Bonchev–Trinajstić information content (AvgIpc) is 3.31. The summed E-state index contributed by atoms with van der Waals surface area (Å²) >= 11 is 0. The Kier molecular flexibility index (Phi) is 11.6. The van der Waals surface area contributed by atoms with Crippen molar-refractivity contribution < 1.29 is 0 Å². The number of nitrogen functional groups attached to an aromatic ring is 2. The monoisotopic (exact) mass is 522 g/mol. The summed E-state index contributed by atoms with van der Waals surface area (Å²) in [6, 6.07) is 9.61. The highest BCUT2D eigenvalue weighted by Crippen LogP contribution is 2.31. The van der Waals surface area contributed by atoms with Crippen molar-refractivity contribution in [2.24, 2.45) is 22.9 Å². The van der Waals surface area contributed by atoms with Gasteiger partial charge in [0.25, 0.3) is 0 Å². The van der Waals surface area contributed by atoms with E-state index in [4.69, 9.17) is 34.4 Å². The molecule has 3 rings (SSSR count). The lowest BCUT2D eigenvalue weighted by atomic mass is 9.95. The van der Waals surface area contributed by atoms with E-state index in [9.17, 15) is 0 Å². The molecule has 14 N–H and O–H groups in total. The molecule has 38 heavy (non-hydrogen) atoms. The first-order valence-electron chi connectivity index (χ1n) is 12.8. The largest absolute Gasteiger partial charge is 0.398 e. The van der Waals surface area contributed by atoms with E-state index in [2.05, 4.69) is 40.7 Å². The number of likely N-dealkylation sites (tertiary alicyclic amines) is 1. The molecule has 1 saturated heterocycles. The van der Waals surface area contributed by atoms with Crippen LogP contribution in [-0.4, -0.2) is 42.6 Å². The lowest BCUT2D eigenvalue weighted by molar-refractivity contribution is 0.331. The van der Waals surface area contributed by atoms with Crippen molar-refractivity contribution in [1.82, 2.24) is 20.5 Å². The van der Waals surface area contributed by atoms with Gasteiger partial charge in [-0.15, -0.1) is 6.58 Å². The first kappa shape index (κ1) is 30.7. The number of pyridine rings is 1. The summed E-state index contributed by atoms with van der Waals surface area (Å²) in [6.45, 7) is 10.9. The Morgan fingerprint density at radius 2 is 1.92 bits per heavy atom. The van der Waals surface area contributed by atoms with Crippen LogP contribution in [0.4, 0.5) is 11.5 Å². The predicted octanol–water partition coefficient (Wildman–Crippen LogP) is 1.75. The smallest absolute Gasteiger partial charge is 0.128 e. The molecule has 1 aliphatic rings. The second-order valence-electron chi connectivity index (χ2n) is 9.60. The van der Waals surface area contributed by atoms with Gasteiger partial charge >= 0.3 is 0 Å². The zero-order valence-electron chi connectivity index (χ0n) is 23.0. The van der Waals surface area contributed by atoms with E-state index in [0.717, 1.165) is 48.2 Å². The third kappa shape index (κ3) is 7.96. The lowest BCUT2D eigenvalue weighted by Crippen LogP contribution is -2.35. The number of nitrogens with zero attached hydrogens (tertiary/aromatic N) is 2. The molecule has 10 nitrogen and oxygen atoms in total. The molecule has 1 aliphatic heterocycles. The summed E-state index contributed by atoms with van der Waals surface area (Å²) < 4.78 is 0. The molecule has 0 spiro atoms. The Morgan fingerprint density at radius 3 is 2.42 bits per heavy atom. The van der Waals surface area contributed by atoms with E-state index < -0.39 is 6.17 Å². The Labute approximate surface area is 227 Å². The van der Waals surface area contributed by atoms with Gasteiger partial charge in [-0.2, -0.15) is 0 Å². The van der Waals surface area contributed by atoms with Gasteiger partial charge in [-0.25, -0.2) is 4.98 Å². The van der Waals surface area contributed by atoms with Crippen LogP contribution < -0.4 is 45.0 Å². The molecule has 3 atom stereocenters. The topological polar surface area (TPSA) is 196 Å². The number of aromatic nitrogens is 1. The minimum Gasteiger partial charge on any atom is -0.398 e. The molecule has 0 amide bonds. The Balaban J connectivity index is 0.000000391. The van der Waals surface area contributed by atoms with E-state index in [1.807, 2.05) is 37.3 Å². The summed E-state index contributed by atoms with van der Waals surface area (Å²) in [5.41, 5.74) is 40.3. The third-order valence-electron chi connectivity index (χ3n) is 6.77. The zero-order chi connectivity index (χ0) is 28.4. The lowest BCUT2D eigenvalue weighted by Gasteiger charge is -2.29. The van der Waals surface area contributed by atoms with Crippen molar-refractivity contribution in [1.29, 1.82) is 0 Å². The minimum absolute atomic E-state index is 0.0135. The number of anilines is 2. The summed E-state index contributed by atoms with van der Waals surface area (Å²) in [5.74, 6) is 1.13. The van der Waals surface area contributed by atoms with Gasteiger partial charge in [-0.05, 0) is 63.0 Å². The van der Waals surface area contributed by atoms with E-state index in [-0.39, 0.29) is 12.1 Å². The van der Waals surface area contributed by atoms with E-state index in [1.54, 1.807) is 19.3 Å². The van der Waals surface area contributed by atoms with Gasteiger partial charge in [-0.1, -0.05) is 30.9 Å². The van der Waals surface area contributed by atoms with Crippen LogP contribution in [0.25, 0.3) is 0 Å². The molecule has 1 aromatic heterocycles. The van der Waals surface area contributed by atoms with E-state index in [0.29, 0.717) is 28.9 Å². The first-order valence-corrected chi connectivity index (χ1v) is 12.8. The van der Waals surface area contributed by atoms with Gasteiger partial charge in [0.05, 0.1) is 18.0 Å². The van der Waals surface area contributed by atoms with Crippen LogP contribution in [0.5, 0.6) is 0 Å². The predicted molar refractivity (Wildman–Crippen MR) is 159 cm³/mol. The Bertz CT molecular complexity index is 1110. The fourth-order valence-corrected chi connectivity index (χ4v) is 4.58. The minimum atomic E-state index is -0.615. The van der Waals surface area contributed by atoms with Crippen LogP contribution in [0.3, 0.4) is 0 Å². The SMILES string of the molecule is C=C(NC(c1ccc(C(N)N)c(N)c1)c1cccnc1N)C1CCCN1C.C=CC/C(=C(\N)NC)C(C)N. The van der Waals surface area contributed by atoms with Gasteiger partial charge in [0.1, 0.15) is 5.82 Å². The Morgan fingerprint density at radius 1 is 1.21 bits per heavy atom. The van der Waals surface area contributed by atoms with Crippen molar-refractivity contribution in [2.75, 3.05) is 32.1 Å². The summed E-state index contributed by atoms with van der Waals surface area (Å²) in [4.78, 5) is 6.55. The molecule has 0 saturated carbocycles. The number of rotatable bonds is 10. The second kappa shape index (κ2) is 14.4. The average molecular weight is 523 g/mol. The van der Waals surface area contributed by atoms with Gasteiger partial charge in [0, 0.05) is 47.8 Å². The van der Waals surface area contributed by atoms with Gasteiger partial charge < -0.3 is 45.0 Å². The first-order chi connectivity index (χ1) is 18.0. The van der Waals surface area contributed by atoms with Gasteiger partial charge in [0.2, 0.25) is 0 Å². The van der Waals surface area contributed by atoms with Gasteiger partial charge in [-0.3, -0.25) is 4.90 Å². The van der Waals surface area contributed by atoms with Crippen molar-refractivity contribution in [2.45, 2.75) is 50.5 Å². The molecule has 1 fully saturated rings. The van der Waals surface area contributed by atoms with Crippen molar-refractivity contribution in [3.63, 3.8) is 0 Å². The molecule has 0 aliphatic carbocycles. The van der Waals surface area contributed by atoms with Crippen LogP contribution in [-0.2, 0) is 0 Å². The highest BCUT2D eigenvalue weighted by molar-refractivity contribution is 5.54. The molecular formula is C28H46N10. The van der Waals surface area contributed by atoms with Crippen LogP contribution >= 0.6 is 0 Å². The summed E-state index contributed by atoms with van der Waals surface area (Å²) in [5, 5.41) is 6.43. The van der Waals surface area contributed by atoms with Crippen molar-refractivity contribution in [3.8, 4) is 0 Å². The normalized spacial score (nSPS) is 17.6. The highest BCUT2D eigenvalue weighted by atomic mass is 15.2. The zero-order valence-corrected chi connectivity index (χ0v) is 23.0. The molecule has 3 unspecified atom stereocenters. The van der Waals surface area contributed by atoms with Crippen LogP contribution in [0, 0.1) is 0 Å². The van der Waals surface area contributed by atoms with E-state index in [1.165, 1.54) is 0 Å². The quantitative estimate of drug-likeness (QED) is 0.129. The molecule has 1 aromatic carbocycles. The molecule has 208 valence electrons. The number of nitrogens with one attached hydrogen (secondary N) is 2. The number of benzene rings is 1. The second-order valence-corrected chi connectivity index (χ2v) is 9.60. The molecule has 2 heterocycles. The number of allylic oxidation sites excluding steroid dienone is 1. The third-order valence-corrected chi connectivity index (χ3v) is 6.77. The van der Waals surface area contributed by atoms with Crippen molar-refractivity contribution >= 4 is 11.5 Å². The van der Waals surface area contributed by atoms with Crippen LogP contribution in [0.15, 0.2) is 72.9 Å². The Hall–Kier alpha value is -3.57. The standard InChI is InChI=1S/C20H29N7.C8H17N3/c1-12(17-6-4-10-27(17)2)26-18(15-5-3-9-25-20(15)24)13-7-8-14(19(22)23)16(21)11-13;1-4-5-7(6(2)9)8(10)11-3/h3,5,7-9,11,17-19,26H,1,4,6,10,21-23H2,2H3,(H2,24,25);4,6,11H,1,5,9-10H2,2-3H3/b;8-7-. The van der Waals surface area contributed by atoms with Crippen molar-refractivity contribution in [3.05, 3.63) is 89.5 Å². The maximum absolute atomic E-state index is 6.19. The maximum Gasteiger partial charge on any atom is 0.128 e. The highest BCUT2D eigenvalue weighted by Gasteiger charge is 2.27. The fraction of sp³-hybridized carbons (Fsp3) is 0.393. The van der Waals surface area contributed by atoms with Gasteiger partial charge in [0.15, 0.2) is 0 Å². The number of nitrogens with two attached hydrogens (primary N) is 6. The molecule has 2 aromatic rings. The molecular weight excluding hydrogens is 476 g/mol.